The lowest BCUT2D eigenvalue weighted by Crippen LogP contribution is -2.50. The topological polar surface area (TPSA) is 78.5 Å². The van der Waals surface area contributed by atoms with Crippen LogP contribution in [0.25, 0.3) is 0 Å². The highest BCUT2D eigenvalue weighted by Crippen LogP contribution is 2.37. The molecule has 1 spiro atoms. The second-order valence-electron chi connectivity index (χ2n) is 7.71. The lowest BCUT2D eigenvalue weighted by atomic mass is 9.75. The SMILES string of the molecule is CCC1CCC2(CC1)NC(=O)N(CC(=O)NC(C)c1ccc(Cl)cc1Cl)C2=O. The van der Waals surface area contributed by atoms with Gasteiger partial charge < -0.3 is 10.6 Å². The summed E-state index contributed by atoms with van der Waals surface area (Å²) >= 11 is 12.1. The monoisotopic (exact) mass is 425 g/mol. The maximum absolute atomic E-state index is 12.9. The number of carbonyl (C=O) groups excluding carboxylic acids is 3. The molecule has 4 amide bonds. The molecule has 1 aliphatic carbocycles. The van der Waals surface area contributed by atoms with Crippen LogP contribution in [0.4, 0.5) is 4.79 Å². The molecule has 2 fully saturated rings. The molecule has 0 aromatic heterocycles. The van der Waals surface area contributed by atoms with Crippen LogP contribution >= 0.6 is 23.2 Å². The van der Waals surface area contributed by atoms with E-state index < -0.39 is 17.5 Å². The van der Waals surface area contributed by atoms with Crippen molar-refractivity contribution < 1.29 is 14.4 Å². The first-order valence-corrected chi connectivity index (χ1v) is 10.4. The van der Waals surface area contributed by atoms with Crippen LogP contribution in [0.15, 0.2) is 18.2 Å². The van der Waals surface area contributed by atoms with Crippen molar-refractivity contribution in [3.8, 4) is 0 Å². The van der Waals surface area contributed by atoms with E-state index in [1.165, 1.54) is 0 Å². The summed E-state index contributed by atoms with van der Waals surface area (Å²) in [5.41, 5.74) is -0.125. The van der Waals surface area contributed by atoms with Crippen LogP contribution in [0, 0.1) is 5.92 Å². The minimum atomic E-state index is -0.839. The lowest BCUT2D eigenvalue weighted by molar-refractivity contribution is -0.136. The number of hydrogen-bond acceptors (Lipinski definition) is 3. The molecular weight excluding hydrogens is 401 g/mol. The third-order valence-corrected chi connectivity index (χ3v) is 6.45. The first-order chi connectivity index (χ1) is 13.3. The van der Waals surface area contributed by atoms with Gasteiger partial charge in [0.2, 0.25) is 5.91 Å². The highest BCUT2D eigenvalue weighted by molar-refractivity contribution is 6.35. The van der Waals surface area contributed by atoms with Crippen molar-refractivity contribution >= 4 is 41.0 Å². The zero-order valence-corrected chi connectivity index (χ0v) is 17.6. The fourth-order valence-electron chi connectivity index (χ4n) is 4.10. The fraction of sp³-hybridized carbons (Fsp3) is 0.550. The highest BCUT2D eigenvalue weighted by atomic mass is 35.5. The summed E-state index contributed by atoms with van der Waals surface area (Å²) in [6.07, 6.45) is 4.16. The van der Waals surface area contributed by atoms with Crippen LogP contribution in [0.1, 0.15) is 57.6 Å². The summed E-state index contributed by atoms with van der Waals surface area (Å²) < 4.78 is 0. The van der Waals surface area contributed by atoms with E-state index in [-0.39, 0.29) is 18.5 Å². The smallest absolute Gasteiger partial charge is 0.325 e. The van der Waals surface area contributed by atoms with Crippen molar-refractivity contribution in [3.63, 3.8) is 0 Å². The number of carbonyl (C=O) groups is 3. The molecule has 152 valence electrons. The Morgan fingerprint density at radius 2 is 2.00 bits per heavy atom. The van der Waals surface area contributed by atoms with Crippen molar-refractivity contribution in [2.45, 2.75) is 57.5 Å². The van der Waals surface area contributed by atoms with Gasteiger partial charge in [-0.1, -0.05) is 42.6 Å². The molecular formula is C20H25Cl2N3O3. The molecule has 6 nitrogen and oxygen atoms in total. The third-order valence-electron chi connectivity index (χ3n) is 5.89. The Bertz CT molecular complexity index is 791. The van der Waals surface area contributed by atoms with Crippen LogP contribution in [-0.4, -0.2) is 34.8 Å². The molecule has 2 N–H and O–H groups in total. The van der Waals surface area contributed by atoms with Crippen LogP contribution in [0.5, 0.6) is 0 Å². The maximum Gasteiger partial charge on any atom is 0.325 e. The van der Waals surface area contributed by atoms with Gasteiger partial charge in [0, 0.05) is 10.0 Å². The number of amides is 4. The van der Waals surface area contributed by atoms with E-state index in [0.29, 0.717) is 34.4 Å². The normalized spacial score (nSPS) is 25.7. The molecule has 1 aromatic carbocycles. The van der Waals surface area contributed by atoms with Gasteiger partial charge in [0.05, 0.1) is 6.04 Å². The van der Waals surface area contributed by atoms with Crippen molar-refractivity contribution in [3.05, 3.63) is 33.8 Å². The van der Waals surface area contributed by atoms with Crippen LogP contribution < -0.4 is 10.6 Å². The number of hydrogen-bond donors (Lipinski definition) is 2. The third kappa shape index (κ3) is 4.13. The summed E-state index contributed by atoms with van der Waals surface area (Å²) in [6.45, 7) is 3.62. The number of rotatable bonds is 5. The Hall–Kier alpha value is -1.79. The minimum absolute atomic E-state index is 0.292. The van der Waals surface area contributed by atoms with E-state index in [0.717, 1.165) is 24.2 Å². The summed E-state index contributed by atoms with van der Waals surface area (Å²) in [6, 6.07) is 4.16. The van der Waals surface area contributed by atoms with Gasteiger partial charge in [-0.2, -0.15) is 0 Å². The molecule has 0 radical (unpaired) electrons. The lowest BCUT2D eigenvalue weighted by Gasteiger charge is -2.34. The molecule has 8 heteroatoms. The zero-order valence-electron chi connectivity index (χ0n) is 16.1. The second-order valence-corrected chi connectivity index (χ2v) is 8.55. The van der Waals surface area contributed by atoms with Crippen molar-refractivity contribution in [2.24, 2.45) is 5.92 Å². The summed E-state index contributed by atoms with van der Waals surface area (Å²) in [5, 5.41) is 6.59. The largest absolute Gasteiger partial charge is 0.348 e. The first-order valence-electron chi connectivity index (χ1n) is 9.64. The van der Waals surface area contributed by atoms with Gasteiger partial charge in [0.15, 0.2) is 0 Å². The average molecular weight is 426 g/mol. The van der Waals surface area contributed by atoms with E-state index >= 15 is 0 Å². The van der Waals surface area contributed by atoms with Crippen molar-refractivity contribution in [1.29, 1.82) is 0 Å². The molecule has 1 saturated heterocycles. The molecule has 28 heavy (non-hydrogen) atoms. The standard InChI is InChI=1S/C20H25Cl2N3O3/c1-3-13-6-8-20(9-7-13)18(27)25(19(28)24-20)11-17(26)23-12(2)15-5-4-14(21)10-16(15)22/h4-5,10,12-13H,3,6-9,11H2,1-2H3,(H,23,26)(H,24,28). The van der Waals surface area contributed by atoms with Gasteiger partial charge >= 0.3 is 6.03 Å². The van der Waals surface area contributed by atoms with Crippen molar-refractivity contribution in [1.82, 2.24) is 15.5 Å². The molecule has 1 aromatic rings. The Labute approximate surface area is 174 Å². The highest BCUT2D eigenvalue weighted by Gasteiger charge is 2.52. The number of halogens is 2. The molecule has 1 heterocycles. The van der Waals surface area contributed by atoms with E-state index in [2.05, 4.69) is 17.6 Å². The Kier molecular flexibility index (Phi) is 6.20. The molecule has 1 saturated carbocycles. The van der Waals surface area contributed by atoms with Crippen LogP contribution in [0.2, 0.25) is 10.0 Å². The van der Waals surface area contributed by atoms with Crippen LogP contribution in [0.3, 0.4) is 0 Å². The summed E-state index contributed by atoms with van der Waals surface area (Å²) in [4.78, 5) is 38.8. The predicted molar refractivity (Wildman–Crippen MR) is 108 cm³/mol. The van der Waals surface area contributed by atoms with Crippen LogP contribution in [-0.2, 0) is 9.59 Å². The summed E-state index contributed by atoms with van der Waals surface area (Å²) in [5.74, 6) is -0.113. The molecule has 0 bridgehead atoms. The van der Waals surface area contributed by atoms with Gasteiger partial charge in [0.1, 0.15) is 12.1 Å². The Morgan fingerprint density at radius 3 is 2.61 bits per heavy atom. The quantitative estimate of drug-likeness (QED) is 0.697. The number of imide groups is 1. The number of nitrogens with one attached hydrogen (secondary N) is 2. The number of nitrogens with zero attached hydrogens (tertiary/aromatic N) is 1. The Morgan fingerprint density at radius 1 is 1.32 bits per heavy atom. The summed E-state index contributed by atoms with van der Waals surface area (Å²) in [7, 11) is 0. The zero-order chi connectivity index (χ0) is 20.5. The van der Waals surface area contributed by atoms with Gasteiger partial charge in [-0.05, 0) is 56.2 Å². The average Bonchev–Trinajstić information content (AvgIpc) is 2.86. The maximum atomic E-state index is 12.9. The van der Waals surface area contributed by atoms with Gasteiger partial charge in [-0.15, -0.1) is 0 Å². The second kappa shape index (κ2) is 8.29. The van der Waals surface area contributed by atoms with E-state index in [4.69, 9.17) is 23.2 Å². The Balaban J connectivity index is 1.62. The van der Waals surface area contributed by atoms with E-state index in [1.807, 2.05) is 0 Å². The molecule has 2 aliphatic rings. The van der Waals surface area contributed by atoms with Gasteiger partial charge in [-0.25, -0.2) is 4.79 Å². The number of urea groups is 1. The van der Waals surface area contributed by atoms with E-state index in [9.17, 15) is 14.4 Å². The molecule has 1 aliphatic heterocycles. The first kappa shape index (κ1) is 20.9. The molecule has 3 rings (SSSR count). The van der Waals surface area contributed by atoms with Crippen molar-refractivity contribution in [2.75, 3.05) is 6.54 Å². The van der Waals surface area contributed by atoms with Gasteiger partial charge in [-0.3, -0.25) is 14.5 Å². The van der Waals surface area contributed by atoms with Gasteiger partial charge in [0.25, 0.3) is 5.91 Å². The predicted octanol–water partition coefficient (Wildman–Crippen LogP) is 4.06. The number of benzene rings is 1. The van der Waals surface area contributed by atoms with E-state index in [1.54, 1.807) is 25.1 Å². The minimum Gasteiger partial charge on any atom is -0.348 e. The fourth-order valence-corrected chi connectivity index (χ4v) is 4.67. The molecule has 1 atom stereocenters. The molecule has 1 unspecified atom stereocenters.